The predicted octanol–water partition coefficient (Wildman–Crippen LogP) is 1.74. The molecule has 0 aliphatic carbocycles. The molecule has 1 heterocycles. The van der Waals surface area contributed by atoms with Crippen LogP contribution in [0.25, 0.3) is 11.5 Å². The average Bonchev–Trinajstić information content (AvgIpc) is 2.72. The Hall–Kier alpha value is -2.02. The number of hydrogen-bond donors (Lipinski definition) is 1. The van der Waals surface area contributed by atoms with Gasteiger partial charge in [0.25, 0.3) is 5.89 Å². The van der Waals surface area contributed by atoms with Gasteiger partial charge in [0.15, 0.2) is 5.82 Å². The fraction of sp³-hybridized carbons (Fsp3) is 0.200. The number of benzene rings is 1. The van der Waals surface area contributed by atoms with Crippen molar-refractivity contribution in [3.63, 3.8) is 0 Å². The number of nitrogens with two attached hydrogens (primary N) is 1. The molecular formula is C10H9F2N3O2. The zero-order valence-corrected chi connectivity index (χ0v) is 8.91. The van der Waals surface area contributed by atoms with Gasteiger partial charge in [-0.1, -0.05) is 5.16 Å². The first-order valence-corrected chi connectivity index (χ1v) is 4.68. The minimum atomic E-state index is -0.831. The molecule has 0 saturated heterocycles. The number of halogens is 2. The highest BCUT2D eigenvalue weighted by molar-refractivity contribution is 5.61. The van der Waals surface area contributed by atoms with Crippen LogP contribution in [0.5, 0.6) is 0 Å². The molecule has 7 heteroatoms. The maximum atomic E-state index is 13.5. The summed E-state index contributed by atoms with van der Waals surface area (Å²) in [5.74, 6) is -1.45. The first kappa shape index (κ1) is 11.5. The Morgan fingerprint density at radius 1 is 1.35 bits per heavy atom. The second kappa shape index (κ2) is 4.46. The van der Waals surface area contributed by atoms with Crippen molar-refractivity contribution in [2.75, 3.05) is 12.8 Å². The summed E-state index contributed by atoms with van der Waals surface area (Å²) in [6, 6.07) is 1.78. The van der Waals surface area contributed by atoms with Crippen molar-refractivity contribution >= 4 is 5.69 Å². The predicted molar refractivity (Wildman–Crippen MR) is 54.8 cm³/mol. The normalized spacial score (nSPS) is 10.8. The summed E-state index contributed by atoms with van der Waals surface area (Å²) in [5.41, 5.74) is 5.11. The van der Waals surface area contributed by atoms with Gasteiger partial charge in [-0.3, -0.25) is 0 Å². The van der Waals surface area contributed by atoms with Crippen LogP contribution >= 0.6 is 0 Å². The van der Waals surface area contributed by atoms with Gasteiger partial charge in [-0.2, -0.15) is 4.98 Å². The Morgan fingerprint density at radius 3 is 2.82 bits per heavy atom. The van der Waals surface area contributed by atoms with Gasteiger partial charge in [-0.25, -0.2) is 8.78 Å². The molecule has 2 rings (SSSR count). The van der Waals surface area contributed by atoms with Crippen molar-refractivity contribution in [1.82, 2.24) is 10.1 Å². The van der Waals surface area contributed by atoms with Gasteiger partial charge in [0, 0.05) is 13.2 Å². The van der Waals surface area contributed by atoms with E-state index in [4.69, 9.17) is 15.0 Å². The highest BCUT2D eigenvalue weighted by Crippen LogP contribution is 2.25. The Balaban J connectivity index is 2.41. The minimum Gasteiger partial charge on any atom is -0.396 e. The second-order valence-electron chi connectivity index (χ2n) is 3.30. The van der Waals surface area contributed by atoms with Crippen molar-refractivity contribution in [3.8, 4) is 11.5 Å². The van der Waals surface area contributed by atoms with E-state index >= 15 is 0 Å². The topological polar surface area (TPSA) is 74.2 Å². The maximum Gasteiger partial charge on any atom is 0.261 e. The van der Waals surface area contributed by atoms with Crippen LogP contribution in [0.1, 0.15) is 5.82 Å². The van der Waals surface area contributed by atoms with Gasteiger partial charge in [-0.15, -0.1) is 0 Å². The Labute approximate surface area is 95.2 Å². The van der Waals surface area contributed by atoms with E-state index in [0.717, 1.165) is 6.07 Å². The number of rotatable bonds is 3. The van der Waals surface area contributed by atoms with Crippen LogP contribution < -0.4 is 5.73 Å². The molecule has 0 atom stereocenters. The second-order valence-corrected chi connectivity index (χ2v) is 3.30. The summed E-state index contributed by atoms with van der Waals surface area (Å²) >= 11 is 0. The Morgan fingerprint density at radius 2 is 2.12 bits per heavy atom. The van der Waals surface area contributed by atoms with Crippen molar-refractivity contribution in [2.24, 2.45) is 0 Å². The number of hydrogen-bond acceptors (Lipinski definition) is 5. The van der Waals surface area contributed by atoms with Gasteiger partial charge >= 0.3 is 0 Å². The van der Waals surface area contributed by atoms with E-state index in [0.29, 0.717) is 6.07 Å². The molecule has 0 bridgehead atoms. The molecule has 0 saturated carbocycles. The molecular weight excluding hydrogens is 232 g/mol. The lowest BCUT2D eigenvalue weighted by atomic mass is 10.2. The molecule has 0 aliphatic heterocycles. The van der Waals surface area contributed by atoms with Crippen molar-refractivity contribution < 1.29 is 18.0 Å². The first-order chi connectivity index (χ1) is 8.11. The van der Waals surface area contributed by atoms with E-state index in [1.54, 1.807) is 0 Å². The summed E-state index contributed by atoms with van der Waals surface area (Å²) in [4.78, 5) is 3.88. The van der Waals surface area contributed by atoms with Crippen molar-refractivity contribution in [1.29, 1.82) is 0 Å². The van der Waals surface area contributed by atoms with Crippen LogP contribution in [0.3, 0.4) is 0 Å². The molecule has 0 fully saturated rings. The summed E-state index contributed by atoms with van der Waals surface area (Å²) in [5, 5.41) is 3.56. The maximum absolute atomic E-state index is 13.5. The van der Waals surface area contributed by atoms with Crippen LogP contribution in [0.2, 0.25) is 0 Å². The fourth-order valence-electron chi connectivity index (χ4n) is 1.28. The lowest BCUT2D eigenvalue weighted by molar-refractivity contribution is 0.174. The highest BCUT2D eigenvalue weighted by atomic mass is 19.1. The van der Waals surface area contributed by atoms with Crippen molar-refractivity contribution in [3.05, 3.63) is 29.6 Å². The molecule has 0 spiro atoms. The lowest BCUT2D eigenvalue weighted by Crippen LogP contribution is -1.95. The molecule has 17 heavy (non-hydrogen) atoms. The largest absolute Gasteiger partial charge is 0.396 e. The molecule has 1 aromatic carbocycles. The molecule has 1 aromatic heterocycles. The third kappa shape index (κ3) is 2.23. The average molecular weight is 241 g/mol. The van der Waals surface area contributed by atoms with E-state index in [1.165, 1.54) is 7.11 Å². The molecule has 0 amide bonds. The smallest absolute Gasteiger partial charge is 0.261 e. The number of methoxy groups -OCH3 is 1. The summed E-state index contributed by atoms with van der Waals surface area (Å²) in [6.45, 7) is 0.141. The van der Waals surface area contributed by atoms with Gasteiger partial charge in [0.2, 0.25) is 0 Å². The van der Waals surface area contributed by atoms with E-state index in [9.17, 15) is 8.78 Å². The van der Waals surface area contributed by atoms with Gasteiger partial charge in [0.1, 0.15) is 18.2 Å². The zero-order valence-electron chi connectivity index (χ0n) is 8.91. The van der Waals surface area contributed by atoms with Gasteiger partial charge in [-0.05, 0) is 6.07 Å². The SMILES string of the molecule is COCc1noc(-c2cc(N)c(F)cc2F)n1. The monoisotopic (exact) mass is 241 g/mol. The number of anilines is 1. The summed E-state index contributed by atoms with van der Waals surface area (Å²) in [6.07, 6.45) is 0. The van der Waals surface area contributed by atoms with Gasteiger partial charge < -0.3 is 15.0 Å². The molecule has 2 N–H and O–H groups in total. The fourth-order valence-corrected chi connectivity index (χ4v) is 1.28. The summed E-state index contributed by atoms with van der Waals surface area (Å²) < 4.78 is 36.0. The lowest BCUT2D eigenvalue weighted by Gasteiger charge is -2.00. The number of nitrogens with zero attached hydrogens (tertiary/aromatic N) is 2. The van der Waals surface area contributed by atoms with Crippen LogP contribution in [-0.4, -0.2) is 17.3 Å². The van der Waals surface area contributed by atoms with Crippen LogP contribution in [0.4, 0.5) is 14.5 Å². The number of aromatic nitrogens is 2. The van der Waals surface area contributed by atoms with Crippen LogP contribution in [0, 0.1) is 11.6 Å². The third-order valence-corrected chi connectivity index (χ3v) is 2.06. The van der Waals surface area contributed by atoms with Gasteiger partial charge in [0.05, 0.1) is 11.3 Å². The van der Waals surface area contributed by atoms with E-state index in [1.807, 2.05) is 0 Å². The highest BCUT2D eigenvalue weighted by Gasteiger charge is 2.15. The molecule has 0 unspecified atom stereocenters. The molecule has 2 aromatic rings. The quantitative estimate of drug-likeness (QED) is 0.828. The number of nitrogen functional groups attached to an aromatic ring is 1. The van der Waals surface area contributed by atoms with Crippen molar-refractivity contribution in [2.45, 2.75) is 6.61 Å². The Kier molecular flexibility index (Phi) is 3.01. The van der Waals surface area contributed by atoms with E-state index in [-0.39, 0.29) is 29.6 Å². The summed E-state index contributed by atoms with van der Waals surface area (Å²) in [7, 11) is 1.46. The van der Waals surface area contributed by atoms with E-state index in [2.05, 4.69) is 10.1 Å². The van der Waals surface area contributed by atoms with Crippen LogP contribution in [-0.2, 0) is 11.3 Å². The standard InChI is InChI=1S/C10H9F2N3O2/c1-16-4-9-14-10(17-15-9)5-2-8(13)7(12)3-6(5)11/h2-3H,4,13H2,1H3. The zero-order chi connectivity index (χ0) is 12.4. The van der Waals surface area contributed by atoms with E-state index < -0.39 is 11.6 Å². The van der Waals surface area contributed by atoms with Crippen LogP contribution in [0.15, 0.2) is 16.7 Å². The molecule has 0 radical (unpaired) electrons. The third-order valence-electron chi connectivity index (χ3n) is 2.06. The minimum absolute atomic E-state index is 0.0428. The Bertz CT molecular complexity index is 542. The molecule has 90 valence electrons. The molecule has 0 aliphatic rings. The number of ether oxygens (including phenoxy) is 1. The molecule has 5 nitrogen and oxygen atoms in total. The first-order valence-electron chi connectivity index (χ1n) is 4.68.